The third-order valence-corrected chi connectivity index (χ3v) is 5.26. The molecule has 0 bridgehead atoms. The van der Waals surface area contributed by atoms with Crippen LogP contribution >= 0.6 is 15.9 Å². The summed E-state index contributed by atoms with van der Waals surface area (Å²) in [4.78, 5) is 0. The van der Waals surface area contributed by atoms with Gasteiger partial charge in [0.1, 0.15) is 5.75 Å². The second-order valence-electron chi connectivity index (χ2n) is 6.22. The highest BCUT2D eigenvalue weighted by molar-refractivity contribution is 9.10. The second kappa shape index (κ2) is 5.14. The van der Waals surface area contributed by atoms with E-state index in [9.17, 15) is 5.11 Å². The monoisotopic (exact) mass is 376 g/mol. The highest BCUT2D eigenvalue weighted by atomic mass is 79.9. The van der Waals surface area contributed by atoms with Crippen molar-refractivity contribution in [3.63, 3.8) is 0 Å². The van der Waals surface area contributed by atoms with Gasteiger partial charge in [0, 0.05) is 34.9 Å². The van der Waals surface area contributed by atoms with Gasteiger partial charge < -0.3 is 19.3 Å². The van der Waals surface area contributed by atoms with Crippen LogP contribution in [-0.2, 0) is 0 Å². The first-order valence-corrected chi connectivity index (χ1v) is 8.35. The van der Waals surface area contributed by atoms with Gasteiger partial charge in [0.25, 0.3) is 0 Å². The normalized spacial score (nSPS) is 28.2. The number of halogens is 1. The van der Waals surface area contributed by atoms with E-state index in [-0.39, 0.29) is 18.6 Å². The molecule has 1 N–H and O–H groups in total. The minimum absolute atomic E-state index is 0.0105. The highest BCUT2D eigenvalue weighted by Crippen LogP contribution is 2.51. The van der Waals surface area contributed by atoms with E-state index in [0.717, 1.165) is 21.3 Å². The van der Waals surface area contributed by atoms with Crippen molar-refractivity contribution in [1.29, 1.82) is 0 Å². The molecule has 2 aliphatic rings. The summed E-state index contributed by atoms with van der Waals surface area (Å²) < 4.78 is 17.8. The van der Waals surface area contributed by atoms with Crippen LogP contribution in [0.15, 0.2) is 40.9 Å². The second-order valence-corrected chi connectivity index (χ2v) is 7.13. The summed E-state index contributed by atoms with van der Waals surface area (Å²) >= 11 is 3.47. The molecule has 0 fully saturated rings. The molecule has 4 nitrogen and oxygen atoms in total. The number of hydrogen-bond acceptors (Lipinski definition) is 4. The number of rotatable bonds is 1. The zero-order valence-electron chi connectivity index (χ0n) is 12.9. The van der Waals surface area contributed by atoms with Gasteiger partial charge >= 0.3 is 0 Å². The first kappa shape index (κ1) is 14.8. The zero-order chi connectivity index (χ0) is 16.2. The molecule has 2 aromatic carbocycles. The average molecular weight is 377 g/mol. The Morgan fingerprint density at radius 1 is 1.09 bits per heavy atom. The van der Waals surface area contributed by atoms with E-state index in [4.69, 9.17) is 14.2 Å². The Balaban J connectivity index is 1.89. The smallest absolute Gasteiger partial charge is 0.231 e. The summed E-state index contributed by atoms with van der Waals surface area (Å²) in [7, 11) is 0. The first-order valence-electron chi connectivity index (χ1n) is 7.56. The molecule has 23 heavy (non-hydrogen) atoms. The Labute approximate surface area is 143 Å². The Kier molecular flexibility index (Phi) is 3.32. The topological polar surface area (TPSA) is 47.9 Å². The van der Waals surface area contributed by atoms with Gasteiger partial charge in [-0.05, 0) is 23.8 Å². The first-order chi connectivity index (χ1) is 11.0. The molecule has 0 aliphatic carbocycles. The van der Waals surface area contributed by atoms with Gasteiger partial charge in [-0.2, -0.15) is 0 Å². The van der Waals surface area contributed by atoms with Crippen molar-refractivity contribution in [3.05, 3.63) is 52.0 Å². The molecule has 0 amide bonds. The molecule has 4 rings (SSSR count). The number of benzene rings is 2. The van der Waals surface area contributed by atoms with Crippen LogP contribution in [0, 0.1) is 5.92 Å². The number of hydrogen-bond donors (Lipinski definition) is 1. The number of aliphatic hydroxyl groups is 1. The van der Waals surface area contributed by atoms with Crippen molar-refractivity contribution in [3.8, 4) is 17.2 Å². The average Bonchev–Trinajstić information content (AvgIpc) is 2.95. The molecule has 0 unspecified atom stereocenters. The molecule has 0 saturated heterocycles. The molecular weight excluding hydrogens is 360 g/mol. The molecular formula is C18H17BrO4. The minimum Gasteiger partial charge on any atom is -0.462 e. The SMILES string of the molecule is C[C@H]1[C@H](c2ccc(Br)cc2)c2cc3c(cc2O[C@@]1(C)O)OCO3. The van der Waals surface area contributed by atoms with E-state index in [1.807, 2.05) is 31.2 Å². The predicted molar refractivity (Wildman–Crippen MR) is 89.0 cm³/mol. The van der Waals surface area contributed by atoms with Crippen LogP contribution in [0.4, 0.5) is 0 Å². The van der Waals surface area contributed by atoms with Gasteiger partial charge in [0.2, 0.25) is 12.6 Å². The van der Waals surface area contributed by atoms with Gasteiger partial charge in [0.05, 0.1) is 0 Å². The van der Waals surface area contributed by atoms with Crippen LogP contribution in [0.5, 0.6) is 17.2 Å². The lowest BCUT2D eigenvalue weighted by atomic mass is 9.75. The van der Waals surface area contributed by atoms with Gasteiger partial charge in [0.15, 0.2) is 11.5 Å². The highest BCUT2D eigenvalue weighted by Gasteiger charge is 2.44. The Bertz CT molecular complexity index is 754. The van der Waals surface area contributed by atoms with Crippen molar-refractivity contribution in [2.45, 2.75) is 25.6 Å². The molecule has 5 heteroatoms. The zero-order valence-corrected chi connectivity index (χ0v) is 14.5. The van der Waals surface area contributed by atoms with Crippen LogP contribution in [0.1, 0.15) is 30.9 Å². The summed E-state index contributed by atoms with van der Waals surface area (Å²) in [5.41, 5.74) is 2.14. The fourth-order valence-electron chi connectivity index (χ4n) is 3.30. The largest absolute Gasteiger partial charge is 0.462 e. The van der Waals surface area contributed by atoms with Crippen molar-refractivity contribution < 1.29 is 19.3 Å². The van der Waals surface area contributed by atoms with Crippen LogP contribution in [0.2, 0.25) is 0 Å². The molecule has 2 aromatic rings. The fourth-order valence-corrected chi connectivity index (χ4v) is 3.57. The molecule has 3 atom stereocenters. The van der Waals surface area contributed by atoms with Crippen molar-refractivity contribution in [1.82, 2.24) is 0 Å². The molecule has 0 saturated carbocycles. The lowest BCUT2D eigenvalue weighted by Gasteiger charge is -2.42. The lowest BCUT2D eigenvalue weighted by Crippen LogP contribution is -2.45. The summed E-state index contributed by atoms with van der Waals surface area (Å²) in [6.45, 7) is 3.92. The quantitative estimate of drug-likeness (QED) is 0.815. The van der Waals surface area contributed by atoms with Crippen LogP contribution in [0.25, 0.3) is 0 Å². The summed E-state index contributed by atoms with van der Waals surface area (Å²) in [5, 5.41) is 10.7. The Hall–Kier alpha value is -1.72. The van der Waals surface area contributed by atoms with Crippen LogP contribution in [-0.4, -0.2) is 17.7 Å². The van der Waals surface area contributed by atoms with E-state index < -0.39 is 5.79 Å². The maximum Gasteiger partial charge on any atom is 0.231 e. The Morgan fingerprint density at radius 3 is 2.43 bits per heavy atom. The van der Waals surface area contributed by atoms with Crippen molar-refractivity contribution in [2.75, 3.05) is 6.79 Å². The van der Waals surface area contributed by atoms with Crippen LogP contribution < -0.4 is 14.2 Å². The third kappa shape index (κ3) is 2.39. The van der Waals surface area contributed by atoms with Crippen molar-refractivity contribution in [2.24, 2.45) is 5.92 Å². The molecule has 0 spiro atoms. The minimum atomic E-state index is -1.25. The Morgan fingerprint density at radius 2 is 1.74 bits per heavy atom. The molecule has 2 aliphatic heterocycles. The van der Waals surface area contributed by atoms with E-state index >= 15 is 0 Å². The maximum absolute atomic E-state index is 10.7. The lowest BCUT2D eigenvalue weighted by molar-refractivity contribution is -0.171. The third-order valence-electron chi connectivity index (χ3n) is 4.73. The predicted octanol–water partition coefficient (Wildman–Crippen LogP) is 4.05. The summed E-state index contributed by atoms with van der Waals surface area (Å²) in [5.74, 6) is 0.670. The summed E-state index contributed by atoms with van der Waals surface area (Å²) in [6, 6.07) is 11.9. The van der Waals surface area contributed by atoms with Gasteiger partial charge in [-0.3, -0.25) is 0 Å². The van der Waals surface area contributed by atoms with Gasteiger partial charge in [-0.25, -0.2) is 0 Å². The van der Waals surface area contributed by atoms with Gasteiger partial charge in [-0.1, -0.05) is 35.0 Å². The number of fused-ring (bicyclic) bond motifs is 2. The van der Waals surface area contributed by atoms with E-state index in [1.54, 1.807) is 6.92 Å². The summed E-state index contributed by atoms with van der Waals surface area (Å²) in [6.07, 6.45) is 0. The maximum atomic E-state index is 10.7. The van der Waals surface area contributed by atoms with Crippen LogP contribution in [0.3, 0.4) is 0 Å². The van der Waals surface area contributed by atoms with Gasteiger partial charge in [-0.15, -0.1) is 0 Å². The number of ether oxygens (including phenoxy) is 3. The molecule has 0 aromatic heterocycles. The van der Waals surface area contributed by atoms with E-state index in [0.29, 0.717) is 11.5 Å². The van der Waals surface area contributed by atoms with E-state index in [1.165, 1.54) is 0 Å². The molecule has 120 valence electrons. The molecule has 2 heterocycles. The standard InChI is InChI=1S/C18H17BrO4/c1-10-17(11-3-5-12(19)6-4-11)13-7-15-16(22-9-21-15)8-14(13)23-18(10,2)20/h3-8,10,17,20H,9H2,1-2H3/t10-,17+,18+/m0/s1. The van der Waals surface area contributed by atoms with E-state index in [2.05, 4.69) is 28.1 Å². The fraction of sp³-hybridized carbons (Fsp3) is 0.333. The van der Waals surface area contributed by atoms with Crippen molar-refractivity contribution >= 4 is 15.9 Å². The molecule has 0 radical (unpaired) electrons.